The van der Waals surface area contributed by atoms with E-state index in [0.29, 0.717) is 24.7 Å². The van der Waals surface area contributed by atoms with Gasteiger partial charge < -0.3 is 10.6 Å². The molecule has 20 heavy (non-hydrogen) atoms. The molecule has 4 heteroatoms. The standard InChI is InChI=1S/C16H30N2O2/c1-5-11(3)7-13-9-15(19)18-14(8-12(4)6-2)10-16(20)17-13/h11-14H,5-10H2,1-4H3,(H,17,20)(H,18,19). The molecule has 0 aromatic heterocycles. The SMILES string of the molecule is CCC(C)CC1CC(=O)NC(CC(C)CC)CC(=O)N1. The summed E-state index contributed by atoms with van der Waals surface area (Å²) in [7, 11) is 0. The van der Waals surface area contributed by atoms with Crippen molar-refractivity contribution in [2.24, 2.45) is 11.8 Å². The predicted octanol–water partition coefficient (Wildman–Crippen LogP) is 2.62. The summed E-state index contributed by atoms with van der Waals surface area (Å²) in [6, 6.07) is -0.0241. The van der Waals surface area contributed by atoms with Gasteiger partial charge in [0.2, 0.25) is 11.8 Å². The highest BCUT2D eigenvalue weighted by molar-refractivity contribution is 5.83. The molecular weight excluding hydrogens is 252 g/mol. The van der Waals surface area contributed by atoms with Crippen LogP contribution < -0.4 is 10.6 Å². The van der Waals surface area contributed by atoms with Gasteiger partial charge in [0.05, 0.1) is 0 Å². The second kappa shape index (κ2) is 8.28. The Balaban J connectivity index is 2.58. The Morgan fingerprint density at radius 1 is 0.900 bits per heavy atom. The molecule has 1 fully saturated rings. The molecule has 0 spiro atoms. The smallest absolute Gasteiger partial charge is 0.222 e. The van der Waals surface area contributed by atoms with Gasteiger partial charge in [-0.25, -0.2) is 0 Å². The van der Waals surface area contributed by atoms with Gasteiger partial charge in [-0.1, -0.05) is 40.5 Å². The molecule has 0 aromatic carbocycles. The van der Waals surface area contributed by atoms with Gasteiger partial charge in [0.1, 0.15) is 0 Å². The van der Waals surface area contributed by atoms with Gasteiger partial charge in [0.25, 0.3) is 0 Å². The molecule has 1 heterocycles. The largest absolute Gasteiger partial charge is 0.353 e. The van der Waals surface area contributed by atoms with Crippen LogP contribution in [0.1, 0.15) is 66.2 Å². The Morgan fingerprint density at radius 3 is 1.55 bits per heavy atom. The van der Waals surface area contributed by atoms with E-state index in [2.05, 4.69) is 38.3 Å². The lowest BCUT2D eigenvalue weighted by Gasteiger charge is -2.28. The number of carbonyl (C=O) groups is 2. The quantitative estimate of drug-likeness (QED) is 0.787. The molecule has 0 aromatic rings. The monoisotopic (exact) mass is 282 g/mol. The van der Waals surface area contributed by atoms with Crippen LogP contribution in [-0.4, -0.2) is 23.9 Å². The molecule has 4 unspecified atom stereocenters. The van der Waals surface area contributed by atoms with Crippen molar-refractivity contribution in [3.05, 3.63) is 0 Å². The summed E-state index contributed by atoms with van der Waals surface area (Å²) < 4.78 is 0. The number of hydrogen-bond donors (Lipinski definition) is 2. The average molecular weight is 282 g/mol. The lowest BCUT2D eigenvalue weighted by atomic mass is 9.93. The lowest BCUT2D eigenvalue weighted by Crippen LogP contribution is -2.49. The first-order chi connectivity index (χ1) is 9.44. The zero-order chi connectivity index (χ0) is 15.1. The first-order valence-corrected chi connectivity index (χ1v) is 8.03. The molecule has 1 rings (SSSR count). The summed E-state index contributed by atoms with van der Waals surface area (Å²) in [4.78, 5) is 24.1. The van der Waals surface area contributed by atoms with Crippen molar-refractivity contribution in [3.63, 3.8) is 0 Å². The van der Waals surface area contributed by atoms with Crippen molar-refractivity contribution in [2.75, 3.05) is 0 Å². The fourth-order valence-corrected chi connectivity index (χ4v) is 2.71. The molecule has 1 aliphatic rings. The molecule has 0 aliphatic carbocycles. The third-order valence-corrected chi connectivity index (χ3v) is 4.36. The van der Waals surface area contributed by atoms with Gasteiger partial charge >= 0.3 is 0 Å². The highest BCUT2D eigenvalue weighted by atomic mass is 16.2. The summed E-state index contributed by atoms with van der Waals surface area (Å²) in [6.45, 7) is 8.60. The first-order valence-electron chi connectivity index (χ1n) is 8.03. The highest BCUT2D eigenvalue weighted by Gasteiger charge is 2.26. The van der Waals surface area contributed by atoms with E-state index < -0.39 is 0 Å². The van der Waals surface area contributed by atoms with E-state index in [1.807, 2.05) is 0 Å². The van der Waals surface area contributed by atoms with E-state index in [1.54, 1.807) is 0 Å². The Morgan fingerprint density at radius 2 is 1.25 bits per heavy atom. The third-order valence-electron chi connectivity index (χ3n) is 4.36. The minimum absolute atomic E-state index is 0.0120. The van der Waals surface area contributed by atoms with Crippen LogP contribution in [0.3, 0.4) is 0 Å². The van der Waals surface area contributed by atoms with Crippen molar-refractivity contribution >= 4 is 11.8 Å². The fourth-order valence-electron chi connectivity index (χ4n) is 2.71. The molecule has 116 valence electrons. The molecule has 0 bridgehead atoms. The van der Waals surface area contributed by atoms with Crippen molar-refractivity contribution in [2.45, 2.75) is 78.3 Å². The van der Waals surface area contributed by atoms with Crippen LogP contribution in [0.2, 0.25) is 0 Å². The van der Waals surface area contributed by atoms with E-state index in [0.717, 1.165) is 25.7 Å². The van der Waals surface area contributed by atoms with Gasteiger partial charge in [-0.2, -0.15) is 0 Å². The Kier molecular flexibility index (Phi) is 7.03. The Hall–Kier alpha value is -1.06. The number of nitrogens with one attached hydrogen (secondary N) is 2. The van der Waals surface area contributed by atoms with Gasteiger partial charge in [0, 0.05) is 24.9 Å². The molecule has 0 saturated carbocycles. The minimum Gasteiger partial charge on any atom is -0.353 e. The minimum atomic E-state index is -0.0120. The number of amides is 2. The van der Waals surface area contributed by atoms with Crippen LogP contribution in [0.5, 0.6) is 0 Å². The van der Waals surface area contributed by atoms with Gasteiger partial charge in [-0.3, -0.25) is 9.59 Å². The second-order valence-corrected chi connectivity index (χ2v) is 6.44. The zero-order valence-electron chi connectivity index (χ0n) is 13.4. The van der Waals surface area contributed by atoms with E-state index >= 15 is 0 Å². The van der Waals surface area contributed by atoms with Gasteiger partial charge in [-0.05, 0) is 24.7 Å². The highest BCUT2D eigenvalue weighted by Crippen LogP contribution is 2.17. The Labute approximate surface area is 123 Å². The van der Waals surface area contributed by atoms with E-state index in [1.165, 1.54) is 0 Å². The summed E-state index contributed by atoms with van der Waals surface area (Å²) in [5, 5.41) is 6.07. The summed E-state index contributed by atoms with van der Waals surface area (Å²) in [6.07, 6.45) is 4.73. The summed E-state index contributed by atoms with van der Waals surface area (Å²) >= 11 is 0. The zero-order valence-corrected chi connectivity index (χ0v) is 13.4. The molecule has 1 aliphatic heterocycles. The van der Waals surface area contributed by atoms with Gasteiger partial charge in [0.15, 0.2) is 0 Å². The van der Waals surface area contributed by atoms with Crippen molar-refractivity contribution in [3.8, 4) is 0 Å². The molecular formula is C16H30N2O2. The van der Waals surface area contributed by atoms with E-state index in [4.69, 9.17) is 0 Å². The summed E-state index contributed by atoms with van der Waals surface area (Å²) in [5.41, 5.74) is 0. The predicted molar refractivity (Wildman–Crippen MR) is 81.2 cm³/mol. The molecule has 2 N–H and O–H groups in total. The molecule has 0 radical (unpaired) electrons. The van der Waals surface area contributed by atoms with Gasteiger partial charge in [-0.15, -0.1) is 0 Å². The molecule has 2 amide bonds. The molecule has 4 atom stereocenters. The van der Waals surface area contributed by atoms with E-state index in [-0.39, 0.29) is 23.9 Å². The normalized spacial score (nSPS) is 27.0. The maximum Gasteiger partial charge on any atom is 0.222 e. The summed E-state index contributed by atoms with van der Waals surface area (Å²) in [5.74, 6) is 1.21. The average Bonchev–Trinajstić information content (AvgIpc) is 2.36. The van der Waals surface area contributed by atoms with Crippen molar-refractivity contribution < 1.29 is 9.59 Å². The first kappa shape index (κ1) is 17.0. The maximum absolute atomic E-state index is 12.0. The van der Waals surface area contributed by atoms with Crippen LogP contribution in [0.4, 0.5) is 0 Å². The topological polar surface area (TPSA) is 58.2 Å². The van der Waals surface area contributed by atoms with Crippen LogP contribution in [-0.2, 0) is 9.59 Å². The third kappa shape index (κ3) is 5.93. The van der Waals surface area contributed by atoms with Crippen LogP contribution in [0.15, 0.2) is 0 Å². The maximum atomic E-state index is 12.0. The van der Waals surface area contributed by atoms with Crippen molar-refractivity contribution in [1.29, 1.82) is 0 Å². The van der Waals surface area contributed by atoms with Crippen LogP contribution in [0, 0.1) is 11.8 Å². The van der Waals surface area contributed by atoms with Crippen LogP contribution in [0.25, 0.3) is 0 Å². The molecule has 4 nitrogen and oxygen atoms in total. The fraction of sp³-hybridized carbons (Fsp3) is 0.875. The number of rotatable bonds is 6. The van der Waals surface area contributed by atoms with E-state index in [9.17, 15) is 9.59 Å². The second-order valence-electron chi connectivity index (χ2n) is 6.44. The van der Waals surface area contributed by atoms with Crippen LogP contribution >= 0.6 is 0 Å². The van der Waals surface area contributed by atoms with Crippen molar-refractivity contribution in [1.82, 2.24) is 10.6 Å². The Bertz CT molecular complexity index is 282. The lowest BCUT2D eigenvalue weighted by molar-refractivity contribution is -0.127. The number of carbonyl (C=O) groups excluding carboxylic acids is 2. The number of hydrogen-bond acceptors (Lipinski definition) is 2. The molecule has 1 saturated heterocycles.